The van der Waals surface area contributed by atoms with Crippen LogP contribution in [0.4, 0.5) is 18.9 Å². The molecule has 9 nitrogen and oxygen atoms in total. The first-order valence-electron chi connectivity index (χ1n) is 10.8. The smallest absolute Gasteiger partial charge is 0.406 e. The molecule has 0 radical (unpaired) electrons. The number of aromatic nitrogens is 3. The highest BCUT2D eigenvalue weighted by Gasteiger charge is 2.31. The highest BCUT2D eigenvalue weighted by molar-refractivity contribution is 5.76. The molecule has 12 heteroatoms. The first kappa shape index (κ1) is 24.2. The van der Waals surface area contributed by atoms with Crippen LogP contribution in [0.2, 0.25) is 0 Å². The molecule has 0 unspecified atom stereocenters. The standard InChI is InChI=1S/C23H23F3N6O3/c1-3-19(16-4-6-18(7-5-16)35-23(24,25)26)27-21(33)15-32-22(34)31-9-8-17(14-20(31)28-32)30-12-10-29(2)11-13-30/h1,4-9,14,19H,10-13,15H2,2H3,(H,27,33)/t19-/m0/s1. The summed E-state index contributed by atoms with van der Waals surface area (Å²) in [5.41, 5.74) is 1.26. The van der Waals surface area contributed by atoms with Gasteiger partial charge in [0.1, 0.15) is 18.3 Å². The van der Waals surface area contributed by atoms with Crippen LogP contribution in [0.1, 0.15) is 11.6 Å². The van der Waals surface area contributed by atoms with E-state index >= 15 is 0 Å². The minimum atomic E-state index is -4.81. The third-order valence-corrected chi connectivity index (χ3v) is 5.65. The number of benzene rings is 1. The van der Waals surface area contributed by atoms with Crippen molar-refractivity contribution in [3.8, 4) is 18.1 Å². The van der Waals surface area contributed by atoms with E-state index in [1.54, 1.807) is 12.3 Å². The number of nitrogens with zero attached hydrogens (tertiary/aromatic N) is 5. The molecule has 0 bridgehead atoms. The van der Waals surface area contributed by atoms with Crippen molar-refractivity contribution in [2.75, 3.05) is 38.1 Å². The van der Waals surface area contributed by atoms with Gasteiger partial charge in [-0.1, -0.05) is 18.1 Å². The van der Waals surface area contributed by atoms with E-state index in [1.165, 1.54) is 16.5 Å². The predicted molar refractivity (Wildman–Crippen MR) is 122 cm³/mol. The Labute approximate surface area is 198 Å². The van der Waals surface area contributed by atoms with Gasteiger partial charge >= 0.3 is 12.1 Å². The van der Waals surface area contributed by atoms with Crippen LogP contribution in [0.3, 0.4) is 0 Å². The maximum atomic E-state index is 12.7. The number of hydrogen-bond donors (Lipinski definition) is 1. The van der Waals surface area contributed by atoms with Gasteiger partial charge in [0, 0.05) is 44.1 Å². The lowest BCUT2D eigenvalue weighted by atomic mass is 10.1. The summed E-state index contributed by atoms with van der Waals surface area (Å²) in [6.45, 7) is 3.20. The lowest BCUT2D eigenvalue weighted by Gasteiger charge is -2.33. The number of carbonyl (C=O) groups is 1. The summed E-state index contributed by atoms with van der Waals surface area (Å²) in [4.78, 5) is 29.7. The topological polar surface area (TPSA) is 84.1 Å². The molecular formula is C23H23F3N6O3. The summed E-state index contributed by atoms with van der Waals surface area (Å²) < 4.78 is 43.2. The molecule has 2 aromatic heterocycles. The quantitative estimate of drug-likeness (QED) is 0.532. The maximum absolute atomic E-state index is 12.7. The minimum absolute atomic E-state index is 0.377. The van der Waals surface area contributed by atoms with Crippen molar-refractivity contribution in [2.45, 2.75) is 18.9 Å². The number of ether oxygens (including phenoxy) is 1. The van der Waals surface area contributed by atoms with Crippen LogP contribution in [-0.2, 0) is 11.3 Å². The zero-order chi connectivity index (χ0) is 25.2. The van der Waals surface area contributed by atoms with Crippen LogP contribution in [0.25, 0.3) is 5.65 Å². The largest absolute Gasteiger partial charge is 0.573 e. The number of rotatable bonds is 6. The van der Waals surface area contributed by atoms with E-state index in [9.17, 15) is 22.8 Å². The number of piperazine rings is 1. The number of nitrogens with one attached hydrogen (secondary N) is 1. The van der Waals surface area contributed by atoms with Crippen LogP contribution in [-0.4, -0.2) is 64.6 Å². The van der Waals surface area contributed by atoms with Gasteiger partial charge in [-0.05, 0) is 30.8 Å². The van der Waals surface area contributed by atoms with Crippen molar-refractivity contribution < 1.29 is 22.7 Å². The molecule has 1 N–H and O–H groups in total. The summed E-state index contributed by atoms with van der Waals surface area (Å²) in [6, 6.07) is 7.57. The van der Waals surface area contributed by atoms with Crippen LogP contribution in [0.5, 0.6) is 5.75 Å². The third-order valence-electron chi connectivity index (χ3n) is 5.65. The van der Waals surface area contributed by atoms with Gasteiger partial charge in [0.15, 0.2) is 5.65 Å². The van der Waals surface area contributed by atoms with Gasteiger partial charge in [0.25, 0.3) is 0 Å². The fourth-order valence-corrected chi connectivity index (χ4v) is 3.80. The Morgan fingerprint density at radius 1 is 1.20 bits per heavy atom. The molecule has 1 fully saturated rings. The minimum Gasteiger partial charge on any atom is -0.406 e. The van der Waals surface area contributed by atoms with Crippen LogP contribution in [0.15, 0.2) is 47.4 Å². The maximum Gasteiger partial charge on any atom is 0.573 e. The number of amides is 1. The Morgan fingerprint density at radius 3 is 2.51 bits per heavy atom. The monoisotopic (exact) mass is 488 g/mol. The number of halogens is 3. The van der Waals surface area contributed by atoms with E-state index in [4.69, 9.17) is 6.42 Å². The van der Waals surface area contributed by atoms with Gasteiger partial charge in [0.2, 0.25) is 5.91 Å². The van der Waals surface area contributed by atoms with Crippen molar-refractivity contribution in [1.29, 1.82) is 0 Å². The number of likely N-dealkylation sites (N-methyl/N-ethyl adjacent to an activating group) is 1. The fraction of sp³-hybridized carbons (Fsp3) is 0.348. The molecule has 0 spiro atoms. The Morgan fingerprint density at radius 2 is 1.89 bits per heavy atom. The van der Waals surface area contributed by atoms with E-state index in [0.717, 1.165) is 48.7 Å². The Kier molecular flexibility index (Phi) is 6.70. The third kappa shape index (κ3) is 5.75. The molecule has 0 saturated carbocycles. The SMILES string of the molecule is C#C[C@H](NC(=O)Cn1nc2cc(N3CCN(C)CC3)ccn2c1=O)c1ccc(OC(F)(F)F)cc1. The fourth-order valence-electron chi connectivity index (χ4n) is 3.80. The summed E-state index contributed by atoms with van der Waals surface area (Å²) >= 11 is 0. The van der Waals surface area contributed by atoms with Crippen molar-refractivity contribution >= 4 is 17.2 Å². The van der Waals surface area contributed by atoms with Crippen molar-refractivity contribution in [1.82, 2.24) is 24.4 Å². The molecule has 1 amide bonds. The molecule has 4 rings (SSSR count). The van der Waals surface area contributed by atoms with Gasteiger partial charge in [-0.3, -0.25) is 9.20 Å². The Balaban J connectivity index is 1.44. The number of fused-ring (bicyclic) bond motifs is 1. The zero-order valence-electron chi connectivity index (χ0n) is 18.8. The zero-order valence-corrected chi connectivity index (χ0v) is 18.8. The number of alkyl halides is 3. The second-order valence-corrected chi connectivity index (χ2v) is 8.13. The van der Waals surface area contributed by atoms with Crippen LogP contribution >= 0.6 is 0 Å². The molecule has 35 heavy (non-hydrogen) atoms. The molecule has 1 aliphatic heterocycles. The second-order valence-electron chi connectivity index (χ2n) is 8.13. The number of anilines is 1. The lowest BCUT2D eigenvalue weighted by Crippen LogP contribution is -2.44. The highest BCUT2D eigenvalue weighted by atomic mass is 19.4. The molecule has 1 atom stereocenters. The molecule has 3 heterocycles. The highest BCUT2D eigenvalue weighted by Crippen LogP contribution is 2.24. The lowest BCUT2D eigenvalue weighted by molar-refractivity contribution is -0.274. The summed E-state index contributed by atoms with van der Waals surface area (Å²) in [5.74, 6) is 1.39. The summed E-state index contributed by atoms with van der Waals surface area (Å²) in [6.07, 6.45) is 2.32. The van der Waals surface area contributed by atoms with E-state index in [0.29, 0.717) is 11.2 Å². The Bertz CT molecular complexity index is 1300. The van der Waals surface area contributed by atoms with Crippen LogP contribution < -0.4 is 20.6 Å². The van der Waals surface area contributed by atoms with Crippen LogP contribution in [0, 0.1) is 12.3 Å². The van der Waals surface area contributed by atoms with E-state index in [2.05, 4.69) is 37.9 Å². The van der Waals surface area contributed by atoms with Crippen molar-refractivity contribution in [3.63, 3.8) is 0 Å². The average molecular weight is 488 g/mol. The molecule has 1 saturated heterocycles. The average Bonchev–Trinajstić information content (AvgIpc) is 3.12. The first-order chi connectivity index (χ1) is 16.6. The number of carbonyl (C=O) groups excluding carboxylic acids is 1. The van der Waals surface area contributed by atoms with Crippen molar-refractivity contribution in [2.24, 2.45) is 0 Å². The van der Waals surface area contributed by atoms with Gasteiger partial charge in [-0.2, -0.15) is 0 Å². The summed E-state index contributed by atoms with van der Waals surface area (Å²) in [7, 11) is 2.06. The van der Waals surface area contributed by atoms with E-state index in [1.807, 2.05) is 6.07 Å². The molecular weight excluding hydrogens is 465 g/mol. The van der Waals surface area contributed by atoms with E-state index in [-0.39, 0.29) is 6.54 Å². The normalized spacial score (nSPS) is 15.6. The van der Waals surface area contributed by atoms with Gasteiger partial charge in [-0.15, -0.1) is 24.7 Å². The van der Waals surface area contributed by atoms with Gasteiger partial charge in [0.05, 0.1) is 0 Å². The number of terminal acetylenes is 1. The molecule has 184 valence electrons. The van der Waals surface area contributed by atoms with Gasteiger partial charge in [-0.25, -0.2) is 9.48 Å². The second kappa shape index (κ2) is 9.71. The predicted octanol–water partition coefficient (Wildman–Crippen LogP) is 1.64. The number of pyridine rings is 1. The molecule has 0 aliphatic carbocycles. The van der Waals surface area contributed by atoms with E-state index < -0.39 is 29.8 Å². The summed E-state index contributed by atoms with van der Waals surface area (Å²) in [5, 5.41) is 6.85. The first-order valence-corrected chi connectivity index (χ1v) is 10.8. The molecule has 1 aromatic carbocycles. The van der Waals surface area contributed by atoms with Gasteiger partial charge < -0.3 is 19.9 Å². The number of hydrogen-bond acceptors (Lipinski definition) is 6. The van der Waals surface area contributed by atoms with Crippen molar-refractivity contribution in [3.05, 3.63) is 58.6 Å². The molecule has 3 aromatic rings. The molecule has 1 aliphatic rings. The Hall–Kier alpha value is -3.98.